The zero-order valence-electron chi connectivity index (χ0n) is 10.8. The molecule has 0 saturated carbocycles. The Morgan fingerprint density at radius 3 is 2.53 bits per heavy atom. The lowest BCUT2D eigenvalue weighted by Crippen LogP contribution is -2.05. The standard InChI is InChI=1S/C12H19N5/c1-9(2)16-6-5-13-12(16)15-11-7-14-17(8-11)10(3)4/h5-10H,1-4H3,(H,13,15). The second-order valence-corrected chi connectivity index (χ2v) is 4.68. The highest BCUT2D eigenvalue weighted by atomic mass is 15.3. The van der Waals surface area contributed by atoms with Gasteiger partial charge in [-0.3, -0.25) is 4.68 Å². The Morgan fingerprint density at radius 1 is 1.18 bits per heavy atom. The summed E-state index contributed by atoms with van der Waals surface area (Å²) in [7, 11) is 0. The Bertz CT molecular complexity index is 481. The van der Waals surface area contributed by atoms with Crippen molar-refractivity contribution in [1.29, 1.82) is 0 Å². The first kappa shape index (κ1) is 11.7. The molecule has 0 bridgehead atoms. The SMILES string of the molecule is CC(C)n1cc(Nc2nccn2C(C)C)cn1. The zero-order valence-corrected chi connectivity index (χ0v) is 10.8. The highest BCUT2D eigenvalue weighted by molar-refractivity contribution is 5.51. The van der Waals surface area contributed by atoms with Crippen molar-refractivity contribution in [3.05, 3.63) is 24.8 Å². The van der Waals surface area contributed by atoms with Gasteiger partial charge >= 0.3 is 0 Å². The summed E-state index contributed by atoms with van der Waals surface area (Å²) in [4.78, 5) is 4.30. The van der Waals surface area contributed by atoms with Crippen LogP contribution in [0.1, 0.15) is 39.8 Å². The minimum Gasteiger partial charge on any atom is -0.323 e. The smallest absolute Gasteiger partial charge is 0.207 e. The molecule has 5 nitrogen and oxygen atoms in total. The molecule has 0 aromatic carbocycles. The van der Waals surface area contributed by atoms with Gasteiger partial charge in [0.05, 0.1) is 11.9 Å². The Hall–Kier alpha value is -1.78. The van der Waals surface area contributed by atoms with E-state index in [2.05, 4.69) is 47.7 Å². The number of hydrogen-bond donors (Lipinski definition) is 1. The fraction of sp³-hybridized carbons (Fsp3) is 0.500. The summed E-state index contributed by atoms with van der Waals surface area (Å²) in [5, 5.41) is 7.57. The quantitative estimate of drug-likeness (QED) is 0.883. The summed E-state index contributed by atoms with van der Waals surface area (Å²) in [6, 6.07) is 0.760. The van der Waals surface area contributed by atoms with Gasteiger partial charge in [-0.25, -0.2) is 4.98 Å². The molecule has 0 radical (unpaired) electrons. The van der Waals surface area contributed by atoms with Crippen molar-refractivity contribution in [2.75, 3.05) is 5.32 Å². The van der Waals surface area contributed by atoms with Gasteiger partial charge in [0.25, 0.3) is 0 Å². The number of aromatic nitrogens is 4. The molecule has 2 aromatic heterocycles. The first-order chi connectivity index (χ1) is 8.08. The van der Waals surface area contributed by atoms with E-state index in [-0.39, 0.29) is 0 Å². The first-order valence-corrected chi connectivity index (χ1v) is 5.92. The van der Waals surface area contributed by atoms with Crippen LogP contribution in [0.3, 0.4) is 0 Å². The third kappa shape index (κ3) is 2.49. The predicted molar refractivity (Wildman–Crippen MR) is 68.5 cm³/mol. The molecule has 0 aliphatic heterocycles. The summed E-state index contributed by atoms with van der Waals surface area (Å²) in [5.41, 5.74) is 0.965. The number of nitrogens with one attached hydrogen (secondary N) is 1. The number of rotatable bonds is 4. The fourth-order valence-corrected chi connectivity index (χ4v) is 1.64. The average molecular weight is 233 g/mol. The summed E-state index contributed by atoms with van der Waals surface area (Å²) in [6.45, 7) is 8.46. The van der Waals surface area contributed by atoms with Crippen LogP contribution in [0.15, 0.2) is 24.8 Å². The lowest BCUT2D eigenvalue weighted by Gasteiger charge is -2.11. The van der Waals surface area contributed by atoms with E-state index in [4.69, 9.17) is 0 Å². The second kappa shape index (κ2) is 4.61. The Morgan fingerprint density at radius 2 is 1.94 bits per heavy atom. The largest absolute Gasteiger partial charge is 0.323 e. The minimum absolute atomic E-state index is 0.371. The van der Waals surface area contributed by atoms with Gasteiger partial charge in [0.15, 0.2) is 0 Å². The summed E-state index contributed by atoms with van der Waals surface area (Å²) < 4.78 is 4.01. The molecule has 0 unspecified atom stereocenters. The highest BCUT2D eigenvalue weighted by Crippen LogP contribution is 2.18. The summed E-state index contributed by atoms with van der Waals surface area (Å²) in [5.74, 6) is 0.850. The second-order valence-electron chi connectivity index (χ2n) is 4.68. The number of nitrogens with zero attached hydrogens (tertiary/aromatic N) is 4. The molecule has 92 valence electrons. The first-order valence-electron chi connectivity index (χ1n) is 5.92. The van der Waals surface area contributed by atoms with Gasteiger partial charge in [0.2, 0.25) is 5.95 Å². The van der Waals surface area contributed by atoms with Crippen LogP contribution >= 0.6 is 0 Å². The van der Waals surface area contributed by atoms with Crippen molar-refractivity contribution in [3.8, 4) is 0 Å². The molecule has 0 spiro atoms. The highest BCUT2D eigenvalue weighted by Gasteiger charge is 2.07. The van der Waals surface area contributed by atoms with Crippen LogP contribution in [0, 0.1) is 0 Å². The third-order valence-electron chi connectivity index (χ3n) is 2.61. The van der Waals surface area contributed by atoms with Gasteiger partial charge in [-0.1, -0.05) is 0 Å². The topological polar surface area (TPSA) is 47.7 Å². The molecule has 5 heteroatoms. The van der Waals surface area contributed by atoms with Crippen LogP contribution in [0.5, 0.6) is 0 Å². The van der Waals surface area contributed by atoms with Gasteiger partial charge < -0.3 is 9.88 Å². The molecule has 17 heavy (non-hydrogen) atoms. The van der Waals surface area contributed by atoms with Crippen LogP contribution in [-0.2, 0) is 0 Å². The van der Waals surface area contributed by atoms with E-state index in [1.807, 2.05) is 23.3 Å². The van der Waals surface area contributed by atoms with Crippen molar-refractivity contribution in [2.24, 2.45) is 0 Å². The van der Waals surface area contributed by atoms with Crippen molar-refractivity contribution < 1.29 is 0 Å². The Kier molecular flexibility index (Phi) is 3.17. The van der Waals surface area contributed by atoms with E-state index in [1.165, 1.54) is 0 Å². The molecule has 2 aromatic rings. The predicted octanol–water partition coefficient (Wildman–Crippen LogP) is 2.99. The maximum Gasteiger partial charge on any atom is 0.207 e. The summed E-state index contributed by atoms with van der Waals surface area (Å²) in [6.07, 6.45) is 7.58. The number of anilines is 2. The normalized spacial score (nSPS) is 11.4. The molecule has 0 amide bonds. The van der Waals surface area contributed by atoms with Crippen molar-refractivity contribution in [2.45, 2.75) is 39.8 Å². The van der Waals surface area contributed by atoms with Gasteiger partial charge in [-0.05, 0) is 27.7 Å². The van der Waals surface area contributed by atoms with Gasteiger partial charge in [-0.15, -0.1) is 0 Å². The molecule has 0 fully saturated rings. The number of hydrogen-bond acceptors (Lipinski definition) is 3. The van der Waals surface area contributed by atoms with E-state index in [0.717, 1.165) is 11.6 Å². The van der Waals surface area contributed by atoms with E-state index in [9.17, 15) is 0 Å². The van der Waals surface area contributed by atoms with Gasteiger partial charge in [0, 0.05) is 30.7 Å². The maximum absolute atomic E-state index is 4.30. The van der Waals surface area contributed by atoms with Gasteiger partial charge in [-0.2, -0.15) is 5.10 Å². The lowest BCUT2D eigenvalue weighted by atomic mass is 10.4. The van der Waals surface area contributed by atoms with Crippen molar-refractivity contribution in [3.63, 3.8) is 0 Å². The Labute approximate surface area is 101 Å². The van der Waals surface area contributed by atoms with Crippen LogP contribution in [-0.4, -0.2) is 19.3 Å². The van der Waals surface area contributed by atoms with Gasteiger partial charge in [0.1, 0.15) is 0 Å². The molecule has 0 saturated heterocycles. The van der Waals surface area contributed by atoms with E-state index in [1.54, 1.807) is 6.20 Å². The van der Waals surface area contributed by atoms with E-state index >= 15 is 0 Å². The average Bonchev–Trinajstić information content (AvgIpc) is 2.86. The van der Waals surface area contributed by atoms with Crippen molar-refractivity contribution in [1.82, 2.24) is 19.3 Å². The molecular formula is C12H19N5. The summed E-state index contributed by atoms with van der Waals surface area (Å²) >= 11 is 0. The van der Waals surface area contributed by atoms with E-state index < -0.39 is 0 Å². The fourth-order valence-electron chi connectivity index (χ4n) is 1.64. The molecule has 2 heterocycles. The number of imidazole rings is 1. The molecular weight excluding hydrogens is 214 g/mol. The van der Waals surface area contributed by atoms with Crippen LogP contribution in [0.2, 0.25) is 0 Å². The lowest BCUT2D eigenvalue weighted by molar-refractivity contribution is 0.532. The minimum atomic E-state index is 0.371. The van der Waals surface area contributed by atoms with Crippen LogP contribution in [0.4, 0.5) is 11.6 Å². The Balaban J connectivity index is 2.17. The van der Waals surface area contributed by atoms with Crippen LogP contribution in [0.25, 0.3) is 0 Å². The zero-order chi connectivity index (χ0) is 12.4. The monoisotopic (exact) mass is 233 g/mol. The molecule has 2 rings (SSSR count). The maximum atomic E-state index is 4.30. The molecule has 0 aliphatic rings. The molecule has 0 aliphatic carbocycles. The molecule has 0 atom stereocenters. The van der Waals surface area contributed by atoms with Crippen molar-refractivity contribution >= 4 is 11.6 Å². The van der Waals surface area contributed by atoms with Crippen LogP contribution < -0.4 is 5.32 Å². The third-order valence-corrected chi connectivity index (χ3v) is 2.61. The molecule has 1 N–H and O–H groups in total. The van der Waals surface area contributed by atoms with E-state index in [0.29, 0.717) is 12.1 Å².